The van der Waals surface area contributed by atoms with Crippen LogP contribution in [-0.2, 0) is 0 Å². The lowest BCUT2D eigenvalue weighted by Gasteiger charge is -2.08. The predicted molar refractivity (Wildman–Crippen MR) is 83.9 cm³/mol. The summed E-state index contributed by atoms with van der Waals surface area (Å²) in [6, 6.07) is 11.2. The molecule has 2 N–H and O–H groups in total. The highest BCUT2D eigenvalue weighted by atomic mass is 19.2. The number of hydrogen-bond donors (Lipinski definition) is 2. The van der Waals surface area contributed by atoms with E-state index in [1.807, 2.05) is 31.2 Å². The average molecular weight is 313 g/mol. The molecule has 0 amide bonds. The molecule has 0 aliphatic rings. The molecule has 7 heteroatoms. The largest absolute Gasteiger partial charge is 0.339 e. The van der Waals surface area contributed by atoms with Crippen LogP contribution in [-0.4, -0.2) is 15.2 Å². The summed E-state index contributed by atoms with van der Waals surface area (Å²) in [6.45, 7) is 1.98. The molecule has 0 spiro atoms. The second-order valence-electron chi connectivity index (χ2n) is 4.91. The van der Waals surface area contributed by atoms with Crippen molar-refractivity contribution in [3.05, 3.63) is 65.9 Å². The highest BCUT2D eigenvalue weighted by Crippen LogP contribution is 2.19. The second kappa shape index (κ2) is 6.35. The van der Waals surface area contributed by atoms with Gasteiger partial charge in [0.15, 0.2) is 17.5 Å². The first kappa shape index (κ1) is 14.8. The van der Waals surface area contributed by atoms with E-state index in [4.69, 9.17) is 0 Å². The Hall–Kier alpha value is -3.09. The van der Waals surface area contributed by atoms with Crippen LogP contribution in [0.25, 0.3) is 0 Å². The Bertz CT molecular complexity index is 838. The molecule has 0 radical (unpaired) electrons. The van der Waals surface area contributed by atoms with E-state index in [2.05, 4.69) is 25.8 Å². The number of nitrogens with zero attached hydrogens (tertiary/aromatic N) is 3. The topological polar surface area (TPSA) is 62.7 Å². The maximum Gasteiger partial charge on any atom is 0.249 e. The van der Waals surface area contributed by atoms with Crippen molar-refractivity contribution in [2.24, 2.45) is 0 Å². The number of rotatable bonds is 4. The molecule has 2 aromatic carbocycles. The molecule has 0 aliphatic heterocycles. The van der Waals surface area contributed by atoms with Gasteiger partial charge in [-0.1, -0.05) is 12.1 Å². The van der Waals surface area contributed by atoms with E-state index >= 15 is 0 Å². The quantitative estimate of drug-likeness (QED) is 0.764. The number of benzene rings is 2. The van der Waals surface area contributed by atoms with E-state index in [9.17, 15) is 8.78 Å². The molecule has 23 heavy (non-hydrogen) atoms. The van der Waals surface area contributed by atoms with Gasteiger partial charge in [0.05, 0.1) is 6.20 Å². The Kier molecular flexibility index (Phi) is 4.09. The standard InChI is InChI=1S/C16H13F2N5/c1-10-3-2-4-11(7-10)21-16-22-15(9-19-23-16)20-12-5-6-13(17)14(18)8-12/h2-9H,1H3,(H2,20,21,22,23). The van der Waals surface area contributed by atoms with Gasteiger partial charge in [-0.05, 0) is 36.8 Å². The first-order valence-electron chi connectivity index (χ1n) is 6.86. The molecule has 0 saturated carbocycles. The van der Waals surface area contributed by atoms with Gasteiger partial charge < -0.3 is 10.6 Å². The number of aromatic nitrogens is 3. The van der Waals surface area contributed by atoms with Crippen LogP contribution in [0.15, 0.2) is 48.7 Å². The van der Waals surface area contributed by atoms with Gasteiger partial charge in [0.2, 0.25) is 5.95 Å². The van der Waals surface area contributed by atoms with Crippen LogP contribution in [0.1, 0.15) is 5.56 Å². The lowest BCUT2D eigenvalue weighted by Crippen LogP contribution is -2.02. The van der Waals surface area contributed by atoms with E-state index < -0.39 is 11.6 Å². The monoisotopic (exact) mass is 313 g/mol. The molecule has 1 aromatic heterocycles. The normalized spacial score (nSPS) is 10.4. The van der Waals surface area contributed by atoms with Crippen molar-refractivity contribution in [2.45, 2.75) is 6.92 Å². The zero-order chi connectivity index (χ0) is 16.2. The van der Waals surface area contributed by atoms with Crippen molar-refractivity contribution in [1.29, 1.82) is 0 Å². The van der Waals surface area contributed by atoms with Crippen molar-refractivity contribution >= 4 is 23.1 Å². The Labute approximate surface area is 131 Å². The molecule has 3 aromatic rings. The van der Waals surface area contributed by atoms with Gasteiger partial charge in [0.1, 0.15) is 0 Å². The summed E-state index contributed by atoms with van der Waals surface area (Å²) in [5.74, 6) is -1.18. The van der Waals surface area contributed by atoms with E-state index in [0.717, 1.165) is 23.4 Å². The van der Waals surface area contributed by atoms with Crippen LogP contribution in [0.2, 0.25) is 0 Å². The highest BCUT2D eigenvalue weighted by molar-refractivity contribution is 5.58. The van der Waals surface area contributed by atoms with Crippen LogP contribution in [0.4, 0.5) is 31.9 Å². The highest BCUT2D eigenvalue weighted by Gasteiger charge is 2.05. The predicted octanol–water partition coefficient (Wildman–Crippen LogP) is 3.95. The smallest absolute Gasteiger partial charge is 0.249 e. The molecule has 1 heterocycles. The summed E-state index contributed by atoms with van der Waals surface area (Å²) in [6.07, 6.45) is 1.39. The summed E-state index contributed by atoms with van der Waals surface area (Å²) >= 11 is 0. The Morgan fingerprint density at radius 1 is 0.913 bits per heavy atom. The molecule has 5 nitrogen and oxygen atoms in total. The molecule has 0 aliphatic carbocycles. The fourth-order valence-electron chi connectivity index (χ4n) is 1.99. The molecule has 0 bridgehead atoms. The van der Waals surface area contributed by atoms with Gasteiger partial charge in [0, 0.05) is 17.4 Å². The Morgan fingerprint density at radius 2 is 1.74 bits per heavy atom. The molecule has 0 saturated heterocycles. The van der Waals surface area contributed by atoms with Crippen molar-refractivity contribution in [3.8, 4) is 0 Å². The second-order valence-corrected chi connectivity index (χ2v) is 4.91. The van der Waals surface area contributed by atoms with Crippen LogP contribution >= 0.6 is 0 Å². The summed E-state index contributed by atoms with van der Waals surface area (Å²) in [7, 11) is 0. The number of hydrogen-bond acceptors (Lipinski definition) is 5. The number of anilines is 4. The molecule has 116 valence electrons. The molecule has 0 fully saturated rings. The molecule has 3 rings (SSSR count). The average Bonchev–Trinajstić information content (AvgIpc) is 2.51. The van der Waals surface area contributed by atoms with Crippen LogP contribution in [0, 0.1) is 18.6 Å². The van der Waals surface area contributed by atoms with Gasteiger partial charge >= 0.3 is 0 Å². The van der Waals surface area contributed by atoms with Crippen molar-refractivity contribution in [2.75, 3.05) is 10.6 Å². The van der Waals surface area contributed by atoms with Gasteiger partial charge in [-0.3, -0.25) is 0 Å². The zero-order valence-corrected chi connectivity index (χ0v) is 12.2. The Morgan fingerprint density at radius 3 is 2.52 bits per heavy atom. The minimum Gasteiger partial charge on any atom is -0.339 e. The van der Waals surface area contributed by atoms with Gasteiger partial charge in [0.25, 0.3) is 0 Å². The Balaban J connectivity index is 1.78. The minimum atomic E-state index is -0.935. The summed E-state index contributed by atoms with van der Waals surface area (Å²) in [4.78, 5) is 4.23. The summed E-state index contributed by atoms with van der Waals surface area (Å²) in [5, 5.41) is 13.6. The van der Waals surface area contributed by atoms with Crippen molar-refractivity contribution < 1.29 is 8.78 Å². The van der Waals surface area contributed by atoms with Gasteiger partial charge in [-0.15, -0.1) is 5.10 Å². The zero-order valence-electron chi connectivity index (χ0n) is 12.2. The van der Waals surface area contributed by atoms with Crippen molar-refractivity contribution in [3.63, 3.8) is 0 Å². The maximum atomic E-state index is 13.2. The van der Waals surface area contributed by atoms with Crippen LogP contribution in [0.3, 0.4) is 0 Å². The fraction of sp³-hybridized carbons (Fsp3) is 0.0625. The molecule has 0 atom stereocenters. The molecular weight excluding hydrogens is 300 g/mol. The lowest BCUT2D eigenvalue weighted by atomic mass is 10.2. The maximum absolute atomic E-state index is 13.2. The third-order valence-corrected chi connectivity index (χ3v) is 3.03. The third kappa shape index (κ3) is 3.76. The van der Waals surface area contributed by atoms with Crippen LogP contribution < -0.4 is 10.6 Å². The SMILES string of the molecule is Cc1cccc(Nc2nncc(Nc3ccc(F)c(F)c3)n2)c1. The number of halogens is 2. The lowest BCUT2D eigenvalue weighted by molar-refractivity contribution is 0.509. The van der Waals surface area contributed by atoms with Crippen molar-refractivity contribution in [1.82, 2.24) is 15.2 Å². The van der Waals surface area contributed by atoms with E-state index in [1.54, 1.807) is 0 Å². The van der Waals surface area contributed by atoms with Gasteiger partial charge in [-0.2, -0.15) is 10.1 Å². The van der Waals surface area contributed by atoms with E-state index in [1.165, 1.54) is 12.3 Å². The van der Waals surface area contributed by atoms with Gasteiger partial charge in [-0.25, -0.2) is 8.78 Å². The first-order chi connectivity index (χ1) is 11.1. The number of nitrogens with one attached hydrogen (secondary N) is 2. The van der Waals surface area contributed by atoms with E-state index in [-0.39, 0.29) is 0 Å². The summed E-state index contributed by atoms with van der Waals surface area (Å²) in [5.41, 5.74) is 2.29. The molecule has 0 unspecified atom stereocenters. The minimum absolute atomic E-state index is 0.295. The number of aryl methyl sites for hydroxylation is 1. The van der Waals surface area contributed by atoms with E-state index in [0.29, 0.717) is 17.5 Å². The van der Waals surface area contributed by atoms with Crippen LogP contribution in [0.5, 0.6) is 0 Å². The first-order valence-corrected chi connectivity index (χ1v) is 6.86. The third-order valence-electron chi connectivity index (χ3n) is 3.03. The fourth-order valence-corrected chi connectivity index (χ4v) is 1.99. The summed E-state index contributed by atoms with van der Waals surface area (Å²) < 4.78 is 26.1. The molecular formula is C16H13F2N5.